The number of fused-ring (bicyclic) bond motifs is 1. The van der Waals surface area contributed by atoms with Crippen molar-refractivity contribution in [2.75, 3.05) is 18.9 Å². The van der Waals surface area contributed by atoms with E-state index in [-0.39, 0.29) is 0 Å². The number of benzene rings is 1. The molecule has 0 saturated carbocycles. The lowest BCUT2D eigenvalue weighted by Crippen LogP contribution is -2.27. The van der Waals surface area contributed by atoms with Crippen molar-refractivity contribution in [1.82, 2.24) is 10.3 Å². The summed E-state index contributed by atoms with van der Waals surface area (Å²) in [4.78, 5) is 4.65. The average molecular weight is 271 g/mol. The zero-order valence-electron chi connectivity index (χ0n) is 11.8. The van der Waals surface area contributed by atoms with E-state index in [0.29, 0.717) is 12.0 Å². The molecule has 1 aromatic heterocycles. The van der Waals surface area contributed by atoms with Crippen molar-refractivity contribution >= 4 is 16.6 Å². The molecule has 0 bridgehead atoms. The summed E-state index contributed by atoms with van der Waals surface area (Å²) in [6, 6.07) is 9.95. The number of anilines is 1. The second kappa shape index (κ2) is 5.77. The monoisotopic (exact) mass is 271 g/mol. The normalized spacial score (nSPS) is 22.4. The lowest BCUT2D eigenvalue weighted by Gasteiger charge is -2.14. The molecular weight excluding hydrogens is 250 g/mol. The highest BCUT2D eigenvalue weighted by Gasteiger charge is 2.23. The van der Waals surface area contributed by atoms with Crippen molar-refractivity contribution in [2.45, 2.75) is 26.0 Å². The second-order valence-electron chi connectivity index (χ2n) is 5.48. The van der Waals surface area contributed by atoms with E-state index in [0.717, 1.165) is 48.4 Å². The molecule has 20 heavy (non-hydrogen) atoms. The molecule has 1 aliphatic rings. The highest BCUT2D eigenvalue weighted by Crippen LogP contribution is 2.21. The number of ether oxygens (including phenoxy) is 1. The molecule has 2 unspecified atom stereocenters. The van der Waals surface area contributed by atoms with Gasteiger partial charge in [0.2, 0.25) is 0 Å². The first-order chi connectivity index (χ1) is 9.74. The quantitative estimate of drug-likeness (QED) is 0.896. The summed E-state index contributed by atoms with van der Waals surface area (Å²) in [6.07, 6.45) is 1.50. The Kier molecular flexibility index (Phi) is 3.85. The number of rotatable bonds is 4. The summed E-state index contributed by atoms with van der Waals surface area (Å²) >= 11 is 0. The van der Waals surface area contributed by atoms with Gasteiger partial charge in [0.05, 0.1) is 17.3 Å². The molecule has 1 saturated heterocycles. The molecule has 1 fully saturated rings. The van der Waals surface area contributed by atoms with Gasteiger partial charge < -0.3 is 15.8 Å². The van der Waals surface area contributed by atoms with Gasteiger partial charge in [0, 0.05) is 30.8 Å². The minimum Gasteiger partial charge on any atom is -0.398 e. The number of para-hydroxylation sites is 1. The summed E-state index contributed by atoms with van der Waals surface area (Å²) < 4.78 is 5.57. The third kappa shape index (κ3) is 2.76. The maximum absolute atomic E-state index is 6.09. The van der Waals surface area contributed by atoms with Crippen LogP contribution >= 0.6 is 0 Å². The van der Waals surface area contributed by atoms with E-state index in [1.165, 1.54) is 0 Å². The Hall–Kier alpha value is -1.65. The molecule has 3 rings (SSSR count). The van der Waals surface area contributed by atoms with Crippen LogP contribution in [0.2, 0.25) is 0 Å². The molecule has 0 radical (unpaired) electrons. The highest BCUT2D eigenvalue weighted by atomic mass is 16.5. The van der Waals surface area contributed by atoms with E-state index in [4.69, 9.17) is 10.5 Å². The summed E-state index contributed by atoms with van der Waals surface area (Å²) in [5.41, 5.74) is 8.83. The summed E-state index contributed by atoms with van der Waals surface area (Å²) in [6.45, 7) is 4.74. The molecule has 1 aliphatic heterocycles. The Morgan fingerprint density at radius 3 is 3.05 bits per heavy atom. The van der Waals surface area contributed by atoms with Crippen LogP contribution in [0.25, 0.3) is 10.9 Å². The predicted octanol–water partition coefficient (Wildman–Crippen LogP) is 2.33. The van der Waals surface area contributed by atoms with Gasteiger partial charge in [-0.1, -0.05) is 18.2 Å². The van der Waals surface area contributed by atoms with Crippen LogP contribution in [0.1, 0.15) is 19.0 Å². The first-order valence-corrected chi connectivity index (χ1v) is 7.20. The van der Waals surface area contributed by atoms with Gasteiger partial charge in [-0.05, 0) is 31.4 Å². The number of nitrogens with two attached hydrogens (primary N) is 1. The van der Waals surface area contributed by atoms with Gasteiger partial charge in [-0.2, -0.15) is 0 Å². The first kappa shape index (κ1) is 13.3. The molecule has 0 amide bonds. The average Bonchev–Trinajstić information content (AvgIpc) is 2.85. The fraction of sp³-hybridized carbons (Fsp3) is 0.438. The fourth-order valence-electron chi connectivity index (χ4n) is 2.78. The standard InChI is InChI=1S/C16H21N3O/c1-11-12(6-7-20-11)9-18-10-13-8-15(17)14-4-2-3-5-16(14)19-13/h2-5,8,11-12,18H,6-7,9-10H2,1H3,(H2,17,19). The number of pyridine rings is 1. The van der Waals surface area contributed by atoms with Gasteiger partial charge >= 0.3 is 0 Å². The molecular formula is C16H21N3O. The SMILES string of the molecule is CC1OCCC1CNCc1cc(N)c2ccccc2n1. The third-order valence-corrected chi connectivity index (χ3v) is 4.05. The lowest BCUT2D eigenvalue weighted by atomic mass is 10.0. The van der Waals surface area contributed by atoms with Crippen LogP contribution in [-0.2, 0) is 11.3 Å². The highest BCUT2D eigenvalue weighted by molar-refractivity contribution is 5.90. The van der Waals surface area contributed by atoms with E-state index < -0.39 is 0 Å². The van der Waals surface area contributed by atoms with Crippen LogP contribution < -0.4 is 11.1 Å². The van der Waals surface area contributed by atoms with Crippen LogP contribution in [0.15, 0.2) is 30.3 Å². The number of nitrogen functional groups attached to an aromatic ring is 1. The molecule has 106 valence electrons. The van der Waals surface area contributed by atoms with E-state index in [2.05, 4.69) is 17.2 Å². The summed E-state index contributed by atoms with van der Waals surface area (Å²) in [5, 5.41) is 4.49. The summed E-state index contributed by atoms with van der Waals surface area (Å²) in [5.74, 6) is 0.604. The zero-order chi connectivity index (χ0) is 13.9. The summed E-state index contributed by atoms with van der Waals surface area (Å²) in [7, 11) is 0. The van der Waals surface area contributed by atoms with Crippen LogP contribution in [0.3, 0.4) is 0 Å². The fourth-order valence-corrected chi connectivity index (χ4v) is 2.78. The van der Waals surface area contributed by atoms with Gasteiger partial charge in [-0.15, -0.1) is 0 Å². The minimum absolute atomic E-state index is 0.358. The first-order valence-electron chi connectivity index (χ1n) is 7.20. The predicted molar refractivity (Wildman–Crippen MR) is 81.4 cm³/mol. The van der Waals surface area contributed by atoms with Crippen LogP contribution in [0.5, 0.6) is 0 Å². The van der Waals surface area contributed by atoms with E-state index >= 15 is 0 Å². The van der Waals surface area contributed by atoms with E-state index in [1.54, 1.807) is 0 Å². The van der Waals surface area contributed by atoms with Crippen LogP contribution in [0.4, 0.5) is 5.69 Å². The van der Waals surface area contributed by atoms with E-state index in [9.17, 15) is 0 Å². The van der Waals surface area contributed by atoms with Crippen molar-refractivity contribution in [3.8, 4) is 0 Å². The van der Waals surface area contributed by atoms with Crippen molar-refractivity contribution in [1.29, 1.82) is 0 Å². The Morgan fingerprint density at radius 1 is 1.40 bits per heavy atom. The Labute approximate surface area is 119 Å². The van der Waals surface area contributed by atoms with E-state index in [1.807, 2.05) is 30.3 Å². The smallest absolute Gasteiger partial charge is 0.0726 e. The second-order valence-corrected chi connectivity index (χ2v) is 5.48. The number of nitrogens with one attached hydrogen (secondary N) is 1. The largest absolute Gasteiger partial charge is 0.398 e. The number of aromatic nitrogens is 1. The number of hydrogen-bond acceptors (Lipinski definition) is 4. The van der Waals surface area contributed by atoms with Crippen molar-refractivity contribution in [3.05, 3.63) is 36.0 Å². The Morgan fingerprint density at radius 2 is 2.25 bits per heavy atom. The molecule has 4 heteroatoms. The van der Waals surface area contributed by atoms with Gasteiger partial charge in [0.1, 0.15) is 0 Å². The van der Waals surface area contributed by atoms with Gasteiger partial charge in [-0.25, -0.2) is 0 Å². The maximum Gasteiger partial charge on any atom is 0.0726 e. The molecule has 2 atom stereocenters. The number of nitrogens with zero attached hydrogens (tertiary/aromatic N) is 1. The molecule has 0 aliphatic carbocycles. The lowest BCUT2D eigenvalue weighted by molar-refractivity contribution is 0.105. The van der Waals surface area contributed by atoms with Crippen molar-refractivity contribution in [2.24, 2.45) is 5.92 Å². The van der Waals surface area contributed by atoms with Gasteiger partial charge in [0.25, 0.3) is 0 Å². The van der Waals surface area contributed by atoms with Crippen LogP contribution in [-0.4, -0.2) is 24.2 Å². The minimum atomic E-state index is 0.358. The van der Waals surface area contributed by atoms with Crippen molar-refractivity contribution < 1.29 is 4.74 Å². The third-order valence-electron chi connectivity index (χ3n) is 4.05. The van der Waals surface area contributed by atoms with Crippen LogP contribution in [0, 0.1) is 5.92 Å². The topological polar surface area (TPSA) is 60.2 Å². The van der Waals surface area contributed by atoms with Gasteiger partial charge in [0.15, 0.2) is 0 Å². The molecule has 1 aromatic carbocycles. The Bertz CT molecular complexity index is 599. The zero-order valence-corrected chi connectivity index (χ0v) is 11.8. The van der Waals surface area contributed by atoms with Gasteiger partial charge in [-0.3, -0.25) is 4.98 Å². The molecule has 4 nitrogen and oxygen atoms in total. The molecule has 0 spiro atoms. The molecule has 3 N–H and O–H groups in total. The molecule has 2 aromatic rings. The Balaban J connectivity index is 1.65. The number of hydrogen-bond donors (Lipinski definition) is 2. The van der Waals surface area contributed by atoms with Crippen molar-refractivity contribution in [3.63, 3.8) is 0 Å². The maximum atomic E-state index is 6.09. The molecule has 2 heterocycles.